The second kappa shape index (κ2) is 3.91. The summed E-state index contributed by atoms with van der Waals surface area (Å²) >= 11 is 1.48. The van der Waals surface area contributed by atoms with Crippen LogP contribution in [0.25, 0.3) is 0 Å². The quantitative estimate of drug-likeness (QED) is 0.747. The van der Waals surface area contributed by atoms with Crippen molar-refractivity contribution in [3.63, 3.8) is 0 Å². The van der Waals surface area contributed by atoms with Crippen molar-refractivity contribution < 1.29 is 13.2 Å². The Bertz CT molecular complexity index is 373. The van der Waals surface area contributed by atoms with Gasteiger partial charge in [0.15, 0.2) is 5.82 Å². The Kier molecular flexibility index (Phi) is 3.08. The molecular formula is C7H2F3IN2. The molecule has 0 aliphatic carbocycles. The molecule has 1 aromatic heterocycles. The van der Waals surface area contributed by atoms with Gasteiger partial charge in [-0.15, -0.1) is 0 Å². The molecule has 68 valence electrons. The molecule has 0 saturated heterocycles. The zero-order valence-corrected chi connectivity index (χ0v) is 8.22. The molecule has 0 aromatic carbocycles. The molecule has 0 amide bonds. The summed E-state index contributed by atoms with van der Waals surface area (Å²) in [6.45, 7) is 0. The van der Waals surface area contributed by atoms with Gasteiger partial charge in [0.05, 0.1) is 9.77 Å². The van der Waals surface area contributed by atoms with Crippen LogP contribution in [0.3, 0.4) is 0 Å². The maximum absolute atomic E-state index is 12.8. The van der Waals surface area contributed by atoms with Crippen LogP contribution >= 0.6 is 22.6 Å². The molecule has 2 nitrogen and oxygen atoms in total. The summed E-state index contributed by atoms with van der Waals surface area (Å²) in [6, 6.07) is 1.50. The highest BCUT2D eigenvalue weighted by Crippen LogP contribution is 2.25. The van der Waals surface area contributed by atoms with Crippen LogP contribution in [0, 0.1) is 20.7 Å². The lowest BCUT2D eigenvalue weighted by Crippen LogP contribution is -2.00. The van der Waals surface area contributed by atoms with E-state index in [1.807, 2.05) is 0 Å². The first kappa shape index (κ1) is 10.2. The van der Waals surface area contributed by atoms with Gasteiger partial charge in [0.2, 0.25) is 0 Å². The van der Waals surface area contributed by atoms with Crippen molar-refractivity contribution in [1.82, 2.24) is 4.98 Å². The molecule has 0 aliphatic rings. The average Bonchev–Trinajstić information content (AvgIpc) is 2.04. The Morgan fingerprint density at radius 3 is 2.62 bits per heavy atom. The molecule has 0 fully saturated rings. The largest absolute Gasteiger partial charge is 0.281 e. The fourth-order valence-electron chi connectivity index (χ4n) is 0.735. The first-order valence-corrected chi connectivity index (χ1v) is 4.18. The van der Waals surface area contributed by atoms with Crippen LogP contribution in [-0.2, 0) is 0 Å². The first-order valence-electron chi connectivity index (χ1n) is 3.10. The number of rotatable bonds is 1. The number of hydrogen-bond acceptors (Lipinski definition) is 2. The van der Waals surface area contributed by atoms with Crippen molar-refractivity contribution in [3.05, 3.63) is 26.8 Å². The minimum atomic E-state index is -2.79. The summed E-state index contributed by atoms with van der Waals surface area (Å²) in [6.07, 6.45) is -2.16. The van der Waals surface area contributed by atoms with Crippen LogP contribution in [0.4, 0.5) is 13.2 Å². The SMILES string of the molecule is N#Cc1c(F)cnc(C(F)F)c1I. The fraction of sp³-hybridized carbons (Fsp3) is 0.143. The zero-order valence-electron chi connectivity index (χ0n) is 6.06. The van der Waals surface area contributed by atoms with Gasteiger partial charge in [0.1, 0.15) is 17.3 Å². The highest BCUT2D eigenvalue weighted by atomic mass is 127. The molecular weight excluding hydrogens is 296 g/mol. The molecule has 0 saturated carbocycles. The molecule has 0 aliphatic heterocycles. The molecule has 0 bridgehead atoms. The molecule has 0 N–H and O–H groups in total. The fourth-order valence-corrected chi connectivity index (χ4v) is 1.49. The van der Waals surface area contributed by atoms with Gasteiger partial charge in [-0.25, -0.2) is 13.2 Å². The molecule has 0 radical (unpaired) electrons. The van der Waals surface area contributed by atoms with Gasteiger partial charge in [-0.2, -0.15) is 5.26 Å². The lowest BCUT2D eigenvalue weighted by atomic mass is 10.2. The van der Waals surface area contributed by atoms with E-state index >= 15 is 0 Å². The summed E-state index contributed by atoms with van der Waals surface area (Å²) in [5.74, 6) is -0.878. The van der Waals surface area contributed by atoms with Gasteiger partial charge in [0, 0.05) is 0 Å². The first-order chi connectivity index (χ1) is 6.07. The smallest absolute Gasteiger partial charge is 0.251 e. The number of aromatic nitrogens is 1. The molecule has 0 atom stereocenters. The Morgan fingerprint density at radius 2 is 2.15 bits per heavy atom. The van der Waals surface area contributed by atoms with Crippen LogP contribution < -0.4 is 0 Å². The normalized spacial score (nSPS) is 10.2. The second-order valence-electron chi connectivity index (χ2n) is 2.09. The maximum atomic E-state index is 12.8. The van der Waals surface area contributed by atoms with E-state index in [0.29, 0.717) is 6.20 Å². The maximum Gasteiger partial charge on any atom is 0.281 e. The van der Waals surface area contributed by atoms with Crippen LogP contribution in [0.2, 0.25) is 0 Å². The third-order valence-electron chi connectivity index (χ3n) is 1.32. The Morgan fingerprint density at radius 1 is 1.54 bits per heavy atom. The predicted octanol–water partition coefficient (Wildman–Crippen LogP) is 2.63. The van der Waals surface area contributed by atoms with Gasteiger partial charge in [-0.1, -0.05) is 0 Å². The molecule has 1 aromatic rings. The van der Waals surface area contributed by atoms with Crippen LogP contribution in [0.1, 0.15) is 17.7 Å². The van der Waals surface area contributed by atoms with Crippen LogP contribution in [-0.4, -0.2) is 4.98 Å². The third kappa shape index (κ3) is 1.91. The Hall–Kier alpha value is -0.840. The van der Waals surface area contributed by atoms with E-state index < -0.39 is 17.9 Å². The average molecular weight is 298 g/mol. The molecule has 1 rings (SSSR count). The monoisotopic (exact) mass is 298 g/mol. The molecule has 13 heavy (non-hydrogen) atoms. The van der Waals surface area contributed by atoms with E-state index in [0.717, 1.165) is 0 Å². The van der Waals surface area contributed by atoms with Crippen molar-refractivity contribution in [1.29, 1.82) is 5.26 Å². The van der Waals surface area contributed by atoms with E-state index in [9.17, 15) is 13.2 Å². The standard InChI is InChI=1S/C7H2F3IN2/c8-4-2-13-6(7(9)10)5(11)3(4)1-12/h2,7H. The Balaban J connectivity index is 3.38. The van der Waals surface area contributed by atoms with E-state index in [2.05, 4.69) is 4.98 Å². The van der Waals surface area contributed by atoms with Gasteiger partial charge in [0.25, 0.3) is 6.43 Å². The number of alkyl halides is 2. The topological polar surface area (TPSA) is 36.7 Å². The van der Waals surface area contributed by atoms with Gasteiger partial charge < -0.3 is 0 Å². The molecule has 1 heterocycles. The van der Waals surface area contributed by atoms with Crippen molar-refractivity contribution in [3.8, 4) is 6.07 Å². The summed E-state index contributed by atoms with van der Waals surface area (Å²) in [5.41, 5.74) is -0.940. The highest BCUT2D eigenvalue weighted by Gasteiger charge is 2.18. The lowest BCUT2D eigenvalue weighted by Gasteiger charge is -2.03. The summed E-state index contributed by atoms with van der Waals surface area (Å²) in [4.78, 5) is 3.20. The molecule has 0 unspecified atom stereocenters. The third-order valence-corrected chi connectivity index (χ3v) is 2.41. The van der Waals surface area contributed by atoms with E-state index in [-0.39, 0.29) is 9.13 Å². The van der Waals surface area contributed by atoms with Gasteiger partial charge in [-0.05, 0) is 22.6 Å². The van der Waals surface area contributed by atoms with Gasteiger partial charge >= 0.3 is 0 Å². The molecule has 0 spiro atoms. The van der Waals surface area contributed by atoms with Crippen LogP contribution in [0.5, 0.6) is 0 Å². The van der Waals surface area contributed by atoms with Crippen molar-refractivity contribution in [2.75, 3.05) is 0 Å². The van der Waals surface area contributed by atoms with Crippen molar-refractivity contribution >= 4 is 22.6 Å². The summed E-state index contributed by atoms with van der Waals surface area (Å²) in [7, 11) is 0. The molecule has 6 heteroatoms. The van der Waals surface area contributed by atoms with Gasteiger partial charge in [-0.3, -0.25) is 4.98 Å². The van der Waals surface area contributed by atoms with E-state index in [1.54, 1.807) is 0 Å². The minimum Gasteiger partial charge on any atom is -0.251 e. The summed E-state index contributed by atoms with van der Waals surface area (Å²) in [5, 5.41) is 8.44. The van der Waals surface area contributed by atoms with Crippen molar-refractivity contribution in [2.24, 2.45) is 0 Å². The number of nitriles is 1. The Labute approximate surface area is 85.5 Å². The minimum absolute atomic E-state index is 0.130. The second-order valence-corrected chi connectivity index (χ2v) is 3.17. The predicted molar refractivity (Wildman–Crippen MR) is 46.6 cm³/mol. The lowest BCUT2D eigenvalue weighted by molar-refractivity contribution is 0.144. The number of halogens is 4. The summed E-state index contributed by atoms with van der Waals surface area (Å²) < 4.78 is 37.0. The number of pyridine rings is 1. The van der Waals surface area contributed by atoms with E-state index in [1.165, 1.54) is 28.7 Å². The van der Waals surface area contributed by atoms with Crippen LogP contribution in [0.15, 0.2) is 6.20 Å². The highest BCUT2D eigenvalue weighted by molar-refractivity contribution is 14.1. The number of nitrogens with zero attached hydrogens (tertiary/aromatic N) is 2. The zero-order chi connectivity index (χ0) is 10.0. The number of hydrogen-bond donors (Lipinski definition) is 0. The van der Waals surface area contributed by atoms with E-state index in [4.69, 9.17) is 5.26 Å². The van der Waals surface area contributed by atoms with Crippen molar-refractivity contribution in [2.45, 2.75) is 6.43 Å².